The van der Waals surface area contributed by atoms with E-state index in [-0.39, 0.29) is 15.8 Å². The van der Waals surface area contributed by atoms with Gasteiger partial charge in [-0.15, -0.1) is 11.3 Å². The Morgan fingerprint density at radius 3 is 2.61 bits per heavy atom. The summed E-state index contributed by atoms with van der Waals surface area (Å²) in [6.07, 6.45) is 1.72. The lowest BCUT2D eigenvalue weighted by Crippen LogP contribution is -2.33. The van der Waals surface area contributed by atoms with Gasteiger partial charge in [-0.05, 0) is 30.7 Å². The molecule has 1 N–H and O–H groups in total. The van der Waals surface area contributed by atoms with Gasteiger partial charge in [0.05, 0.1) is 0 Å². The summed E-state index contributed by atoms with van der Waals surface area (Å²) in [5, 5.41) is 10.7. The Balaban J connectivity index is 2.52. The van der Waals surface area contributed by atoms with E-state index < -0.39 is 16.0 Å². The topological polar surface area (TPSA) is 74.7 Å². The number of aryl methyl sites for hydroxylation is 1. The van der Waals surface area contributed by atoms with Crippen molar-refractivity contribution in [2.45, 2.75) is 37.6 Å². The number of carboxylic acid groups (broad SMARTS) is 1. The minimum Gasteiger partial charge on any atom is -0.477 e. The molecule has 0 aliphatic heterocycles. The van der Waals surface area contributed by atoms with E-state index in [1.54, 1.807) is 19.2 Å². The number of hydrogen-bond acceptors (Lipinski definition) is 4. The van der Waals surface area contributed by atoms with E-state index in [0.29, 0.717) is 12.1 Å². The quantitative estimate of drug-likeness (QED) is 0.898. The van der Waals surface area contributed by atoms with Gasteiger partial charge in [0.25, 0.3) is 0 Å². The highest BCUT2D eigenvalue weighted by molar-refractivity contribution is 7.89. The van der Waals surface area contributed by atoms with Crippen LogP contribution in [-0.2, 0) is 10.0 Å². The molecule has 0 atom stereocenters. The van der Waals surface area contributed by atoms with Crippen molar-refractivity contribution in [2.75, 3.05) is 6.54 Å². The third kappa shape index (κ3) is 2.17. The monoisotopic (exact) mass is 289 g/mol. The molecule has 0 radical (unpaired) electrons. The van der Waals surface area contributed by atoms with Crippen LogP contribution in [0.2, 0.25) is 0 Å². The molecule has 100 valence electrons. The van der Waals surface area contributed by atoms with E-state index in [1.807, 2.05) is 0 Å². The summed E-state index contributed by atoms with van der Waals surface area (Å²) in [4.78, 5) is 11.0. The summed E-state index contributed by atoms with van der Waals surface area (Å²) in [7, 11) is -3.69. The molecule has 7 heteroatoms. The molecule has 1 aliphatic carbocycles. The SMILES string of the molecule is CCN(C1CC1)S(=O)(=O)c1c(C)csc1C(=O)O. The van der Waals surface area contributed by atoms with Crippen LogP contribution < -0.4 is 0 Å². The van der Waals surface area contributed by atoms with Crippen molar-refractivity contribution in [1.29, 1.82) is 0 Å². The standard InChI is InChI=1S/C11H15NO4S2/c1-3-12(8-4-5-8)18(15,16)10-7(2)6-17-9(10)11(13)14/h6,8H,3-5H2,1-2H3,(H,13,14). The predicted molar refractivity (Wildman–Crippen MR) is 68.6 cm³/mol. The van der Waals surface area contributed by atoms with E-state index in [0.717, 1.165) is 24.2 Å². The van der Waals surface area contributed by atoms with Crippen molar-refractivity contribution in [3.8, 4) is 0 Å². The number of sulfonamides is 1. The molecular formula is C11H15NO4S2. The van der Waals surface area contributed by atoms with Crippen molar-refractivity contribution in [2.24, 2.45) is 0 Å². The first kappa shape index (κ1) is 13.5. The van der Waals surface area contributed by atoms with Gasteiger partial charge in [0.15, 0.2) is 0 Å². The molecule has 0 spiro atoms. The van der Waals surface area contributed by atoms with E-state index in [9.17, 15) is 13.2 Å². The number of hydrogen-bond donors (Lipinski definition) is 1. The molecule has 1 aliphatic rings. The largest absolute Gasteiger partial charge is 0.477 e. The number of thiophene rings is 1. The summed E-state index contributed by atoms with van der Waals surface area (Å²) in [5.74, 6) is -1.18. The second-order valence-corrected chi connectivity index (χ2v) is 7.03. The molecule has 2 rings (SSSR count). The highest BCUT2D eigenvalue weighted by Crippen LogP contribution is 2.35. The lowest BCUT2D eigenvalue weighted by Gasteiger charge is -2.20. The van der Waals surface area contributed by atoms with Crippen molar-refractivity contribution in [3.63, 3.8) is 0 Å². The molecule has 1 aromatic heterocycles. The van der Waals surface area contributed by atoms with Crippen LogP contribution in [0.3, 0.4) is 0 Å². The van der Waals surface area contributed by atoms with Crippen LogP contribution in [-0.4, -0.2) is 36.4 Å². The molecular weight excluding hydrogens is 274 g/mol. The third-order valence-corrected chi connectivity index (χ3v) is 6.38. The van der Waals surface area contributed by atoms with Crippen LogP contribution in [0.1, 0.15) is 35.0 Å². The highest BCUT2D eigenvalue weighted by atomic mass is 32.2. The Labute approximate surface area is 110 Å². The first-order valence-corrected chi connectivity index (χ1v) is 8.04. The fourth-order valence-electron chi connectivity index (χ4n) is 2.01. The predicted octanol–water partition coefficient (Wildman–Crippen LogP) is 1.93. The second kappa shape index (κ2) is 4.64. The van der Waals surface area contributed by atoms with Gasteiger partial charge in [0, 0.05) is 12.6 Å². The fraction of sp³-hybridized carbons (Fsp3) is 0.545. The van der Waals surface area contributed by atoms with Gasteiger partial charge in [0.2, 0.25) is 10.0 Å². The van der Waals surface area contributed by atoms with Crippen molar-refractivity contribution in [1.82, 2.24) is 4.31 Å². The molecule has 1 fully saturated rings. The first-order chi connectivity index (χ1) is 8.39. The van der Waals surface area contributed by atoms with E-state index in [4.69, 9.17) is 5.11 Å². The maximum atomic E-state index is 12.5. The Kier molecular flexibility index (Phi) is 3.48. The molecule has 1 aromatic rings. The highest BCUT2D eigenvalue weighted by Gasteiger charge is 2.39. The molecule has 0 amide bonds. The molecule has 0 aromatic carbocycles. The molecule has 18 heavy (non-hydrogen) atoms. The van der Waals surface area contributed by atoms with Crippen LogP contribution in [0.4, 0.5) is 0 Å². The van der Waals surface area contributed by atoms with Gasteiger partial charge >= 0.3 is 5.97 Å². The van der Waals surface area contributed by atoms with Crippen LogP contribution in [0.25, 0.3) is 0 Å². The summed E-state index contributed by atoms with van der Waals surface area (Å²) >= 11 is 0.966. The maximum Gasteiger partial charge on any atom is 0.347 e. The van der Waals surface area contributed by atoms with E-state index in [2.05, 4.69) is 0 Å². The van der Waals surface area contributed by atoms with Gasteiger partial charge in [-0.2, -0.15) is 4.31 Å². The fourth-order valence-corrected chi connectivity index (χ4v) is 5.29. The van der Waals surface area contributed by atoms with Crippen LogP contribution in [0.5, 0.6) is 0 Å². The van der Waals surface area contributed by atoms with E-state index >= 15 is 0 Å². The molecule has 1 heterocycles. The van der Waals surface area contributed by atoms with Crippen molar-refractivity contribution < 1.29 is 18.3 Å². The average Bonchev–Trinajstić information content (AvgIpc) is 3.00. The number of nitrogens with zero attached hydrogens (tertiary/aromatic N) is 1. The molecule has 0 saturated heterocycles. The number of carbonyl (C=O) groups is 1. The normalized spacial score (nSPS) is 16.2. The molecule has 1 saturated carbocycles. The number of carboxylic acids is 1. The smallest absolute Gasteiger partial charge is 0.347 e. The van der Waals surface area contributed by atoms with Gasteiger partial charge in [-0.3, -0.25) is 0 Å². The zero-order valence-electron chi connectivity index (χ0n) is 10.2. The molecule has 0 bridgehead atoms. The molecule has 0 unspecified atom stereocenters. The lowest BCUT2D eigenvalue weighted by molar-refractivity contribution is 0.0698. The van der Waals surface area contributed by atoms with Gasteiger partial charge < -0.3 is 5.11 Å². The zero-order chi connectivity index (χ0) is 13.5. The van der Waals surface area contributed by atoms with E-state index in [1.165, 1.54) is 4.31 Å². The first-order valence-electron chi connectivity index (χ1n) is 5.72. The zero-order valence-corrected chi connectivity index (χ0v) is 11.8. The van der Waals surface area contributed by atoms with Crippen molar-refractivity contribution in [3.05, 3.63) is 15.8 Å². The minimum atomic E-state index is -3.69. The average molecular weight is 289 g/mol. The second-order valence-electron chi connectivity index (χ2n) is 4.32. The maximum absolute atomic E-state index is 12.5. The Morgan fingerprint density at radius 1 is 1.56 bits per heavy atom. The summed E-state index contributed by atoms with van der Waals surface area (Å²) in [6.45, 7) is 3.79. The van der Waals surface area contributed by atoms with Gasteiger partial charge in [-0.1, -0.05) is 6.92 Å². The Morgan fingerprint density at radius 2 is 2.17 bits per heavy atom. The lowest BCUT2D eigenvalue weighted by atomic mass is 10.3. The van der Waals surface area contributed by atoms with Crippen LogP contribution in [0.15, 0.2) is 10.3 Å². The summed E-state index contributed by atoms with van der Waals surface area (Å²) < 4.78 is 26.5. The number of rotatable bonds is 5. The molecule has 5 nitrogen and oxygen atoms in total. The van der Waals surface area contributed by atoms with Crippen LogP contribution in [0, 0.1) is 6.92 Å². The van der Waals surface area contributed by atoms with Crippen molar-refractivity contribution >= 4 is 27.3 Å². The van der Waals surface area contributed by atoms with Gasteiger partial charge in [0.1, 0.15) is 9.77 Å². The summed E-state index contributed by atoms with van der Waals surface area (Å²) in [5.41, 5.74) is 0.511. The summed E-state index contributed by atoms with van der Waals surface area (Å²) in [6, 6.07) is 0.0425. The number of aromatic carboxylic acids is 1. The minimum absolute atomic E-state index is 0.0336. The Bertz CT molecular complexity index is 572. The third-order valence-electron chi connectivity index (χ3n) is 2.94. The van der Waals surface area contributed by atoms with Gasteiger partial charge in [-0.25, -0.2) is 13.2 Å². The van der Waals surface area contributed by atoms with Crippen LogP contribution >= 0.6 is 11.3 Å². The Hall–Kier alpha value is -0.920.